The van der Waals surface area contributed by atoms with Crippen LogP contribution in [0.2, 0.25) is 0 Å². The molecule has 2 N–H and O–H groups in total. The first-order valence-electron chi connectivity index (χ1n) is 9.81. The topological polar surface area (TPSA) is 67.4 Å². The second-order valence-corrected chi connectivity index (χ2v) is 7.52. The number of rotatable bonds is 3. The van der Waals surface area contributed by atoms with Crippen LogP contribution in [0.3, 0.4) is 0 Å². The SMILES string of the molecule is CC1CCCCC1NC(=O)c1ccc(/C=C2/Oc3ccccc3NC2=O)cc1. The number of fused-ring (bicyclic) bond motifs is 1. The van der Waals surface area contributed by atoms with E-state index in [1.165, 1.54) is 19.3 Å². The fourth-order valence-electron chi connectivity index (χ4n) is 3.77. The Morgan fingerprint density at radius 3 is 2.64 bits per heavy atom. The molecule has 144 valence electrons. The molecule has 28 heavy (non-hydrogen) atoms. The number of benzene rings is 2. The summed E-state index contributed by atoms with van der Waals surface area (Å²) in [5, 5.41) is 5.97. The van der Waals surface area contributed by atoms with Crippen LogP contribution in [-0.4, -0.2) is 17.9 Å². The lowest BCUT2D eigenvalue weighted by molar-refractivity contribution is -0.115. The van der Waals surface area contributed by atoms with Gasteiger partial charge in [0.25, 0.3) is 11.8 Å². The fourth-order valence-corrected chi connectivity index (χ4v) is 3.77. The third kappa shape index (κ3) is 3.93. The molecule has 2 amide bonds. The van der Waals surface area contributed by atoms with Crippen LogP contribution in [0.25, 0.3) is 6.08 Å². The van der Waals surface area contributed by atoms with E-state index in [1.807, 2.05) is 30.3 Å². The first-order chi connectivity index (χ1) is 13.6. The van der Waals surface area contributed by atoms with E-state index in [2.05, 4.69) is 17.6 Å². The molecule has 2 atom stereocenters. The molecule has 0 saturated heterocycles. The maximum absolute atomic E-state index is 12.5. The van der Waals surface area contributed by atoms with Gasteiger partial charge >= 0.3 is 0 Å². The lowest BCUT2D eigenvalue weighted by Gasteiger charge is -2.29. The molecule has 5 heteroatoms. The maximum Gasteiger partial charge on any atom is 0.291 e. The predicted octanol–water partition coefficient (Wildman–Crippen LogP) is 4.37. The van der Waals surface area contributed by atoms with Gasteiger partial charge in [0.05, 0.1) is 5.69 Å². The molecule has 1 heterocycles. The van der Waals surface area contributed by atoms with E-state index >= 15 is 0 Å². The Kier molecular flexibility index (Phi) is 5.15. The summed E-state index contributed by atoms with van der Waals surface area (Å²) in [6.45, 7) is 2.20. The zero-order valence-electron chi connectivity index (χ0n) is 15.9. The molecule has 1 aliphatic heterocycles. The van der Waals surface area contributed by atoms with E-state index < -0.39 is 0 Å². The summed E-state index contributed by atoms with van der Waals surface area (Å²) in [5.41, 5.74) is 2.08. The summed E-state index contributed by atoms with van der Waals surface area (Å²) in [6, 6.07) is 14.8. The van der Waals surface area contributed by atoms with E-state index in [0.29, 0.717) is 22.9 Å². The molecule has 1 fully saturated rings. The molecular weight excluding hydrogens is 352 g/mol. The summed E-state index contributed by atoms with van der Waals surface area (Å²) in [4.78, 5) is 24.8. The Morgan fingerprint density at radius 1 is 1.11 bits per heavy atom. The summed E-state index contributed by atoms with van der Waals surface area (Å²) in [6.07, 6.45) is 6.31. The zero-order chi connectivity index (χ0) is 19.5. The molecule has 0 radical (unpaired) electrons. The highest BCUT2D eigenvalue weighted by Crippen LogP contribution is 2.30. The Balaban J connectivity index is 1.45. The van der Waals surface area contributed by atoms with Crippen molar-refractivity contribution in [2.75, 3.05) is 5.32 Å². The summed E-state index contributed by atoms with van der Waals surface area (Å²) in [7, 11) is 0. The van der Waals surface area contributed by atoms with E-state index in [-0.39, 0.29) is 23.6 Å². The van der Waals surface area contributed by atoms with Crippen molar-refractivity contribution in [3.63, 3.8) is 0 Å². The number of carbonyl (C=O) groups is 2. The molecule has 0 aromatic heterocycles. The van der Waals surface area contributed by atoms with E-state index in [1.54, 1.807) is 24.3 Å². The zero-order valence-corrected chi connectivity index (χ0v) is 15.9. The Labute approximate surface area is 164 Å². The van der Waals surface area contributed by atoms with Crippen LogP contribution >= 0.6 is 0 Å². The van der Waals surface area contributed by atoms with Crippen LogP contribution in [0.1, 0.15) is 48.5 Å². The van der Waals surface area contributed by atoms with E-state index in [4.69, 9.17) is 4.74 Å². The second kappa shape index (κ2) is 7.89. The van der Waals surface area contributed by atoms with E-state index in [0.717, 1.165) is 12.0 Å². The number of hydrogen-bond acceptors (Lipinski definition) is 3. The molecule has 2 aromatic rings. The fraction of sp³-hybridized carbons (Fsp3) is 0.304. The molecule has 2 aromatic carbocycles. The van der Waals surface area contributed by atoms with Crippen molar-refractivity contribution in [2.45, 2.75) is 38.6 Å². The highest BCUT2D eigenvalue weighted by Gasteiger charge is 2.23. The average Bonchev–Trinajstić information content (AvgIpc) is 2.71. The normalized spacial score (nSPS) is 22.8. The van der Waals surface area contributed by atoms with Crippen molar-refractivity contribution in [1.82, 2.24) is 5.32 Å². The monoisotopic (exact) mass is 376 g/mol. The lowest BCUT2D eigenvalue weighted by Crippen LogP contribution is -2.41. The third-order valence-corrected chi connectivity index (χ3v) is 5.48. The van der Waals surface area contributed by atoms with Gasteiger partial charge in [-0.2, -0.15) is 0 Å². The molecule has 5 nitrogen and oxygen atoms in total. The van der Waals surface area contributed by atoms with Gasteiger partial charge in [0.1, 0.15) is 0 Å². The van der Waals surface area contributed by atoms with Gasteiger partial charge in [0, 0.05) is 11.6 Å². The van der Waals surface area contributed by atoms with Crippen molar-refractivity contribution >= 4 is 23.6 Å². The number of anilines is 1. The second-order valence-electron chi connectivity index (χ2n) is 7.52. The number of para-hydroxylation sites is 2. The van der Waals surface area contributed by atoms with Crippen LogP contribution in [0.5, 0.6) is 5.75 Å². The minimum absolute atomic E-state index is 0.0430. The van der Waals surface area contributed by atoms with Gasteiger partial charge in [-0.3, -0.25) is 9.59 Å². The standard InChI is InChI=1S/C23H24N2O3/c1-15-6-2-3-7-18(15)24-22(26)17-12-10-16(11-13-17)14-21-23(27)25-19-8-4-5-9-20(19)28-21/h4-5,8-15,18H,2-3,6-7H2,1H3,(H,24,26)(H,25,27)/b21-14+. The molecule has 1 saturated carbocycles. The van der Waals surface area contributed by atoms with Crippen molar-refractivity contribution in [3.8, 4) is 5.75 Å². The van der Waals surface area contributed by atoms with Gasteiger partial charge in [-0.25, -0.2) is 0 Å². The van der Waals surface area contributed by atoms with Gasteiger partial charge in [-0.1, -0.05) is 44.0 Å². The first-order valence-corrected chi connectivity index (χ1v) is 9.81. The van der Waals surface area contributed by atoms with Crippen LogP contribution in [0.15, 0.2) is 54.3 Å². The van der Waals surface area contributed by atoms with Gasteiger partial charge in [0.15, 0.2) is 11.5 Å². The number of carbonyl (C=O) groups excluding carboxylic acids is 2. The molecule has 1 aliphatic carbocycles. The molecule has 0 spiro atoms. The van der Waals surface area contributed by atoms with Crippen molar-refractivity contribution in [3.05, 3.63) is 65.4 Å². The number of ether oxygens (including phenoxy) is 1. The molecular formula is C23H24N2O3. The van der Waals surface area contributed by atoms with Crippen molar-refractivity contribution in [2.24, 2.45) is 5.92 Å². The Hall–Kier alpha value is -3.08. The Bertz CT molecular complexity index is 918. The van der Waals surface area contributed by atoms with Crippen LogP contribution < -0.4 is 15.4 Å². The summed E-state index contributed by atoms with van der Waals surface area (Å²) >= 11 is 0. The molecule has 4 rings (SSSR count). The van der Waals surface area contributed by atoms with Crippen LogP contribution in [0, 0.1) is 5.92 Å². The van der Waals surface area contributed by atoms with Crippen LogP contribution in [-0.2, 0) is 4.79 Å². The summed E-state index contributed by atoms with van der Waals surface area (Å²) in [5.74, 6) is 1.04. The van der Waals surface area contributed by atoms with Crippen molar-refractivity contribution in [1.29, 1.82) is 0 Å². The van der Waals surface area contributed by atoms with Crippen LogP contribution in [0.4, 0.5) is 5.69 Å². The molecule has 2 unspecified atom stereocenters. The third-order valence-electron chi connectivity index (χ3n) is 5.48. The quantitative estimate of drug-likeness (QED) is 0.782. The highest BCUT2D eigenvalue weighted by atomic mass is 16.5. The lowest BCUT2D eigenvalue weighted by atomic mass is 9.86. The first kappa shape index (κ1) is 18.3. The predicted molar refractivity (Wildman–Crippen MR) is 109 cm³/mol. The van der Waals surface area contributed by atoms with E-state index in [9.17, 15) is 9.59 Å². The number of amides is 2. The summed E-state index contributed by atoms with van der Waals surface area (Å²) < 4.78 is 5.71. The van der Waals surface area contributed by atoms with Gasteiger partial charge < -0.3 is 15.4 Å². The molecule has 0 bridgehead atoms. The minimum Gasteiger partial charge on any atom is -0.449 e. The van der Waals surface area contributed by atoms with Gasteiger partial charge in [0.2, 0.25) is 0 Å². The number of nitrogens with one attached hydrogen (secondary N) is 2. The smallest absolute Gasteiger partial charge is 0.291 e. The highest BCUT2D eigenvalue weighted by molar-refractivity contribution is 6.08. The van der Waals surface area contributed by atoms with Gasteiger partial charge in [-0.05, 0) is 54.7 Å². The Morgan fingerprint density at radius 2 is 1.86 bits per heavy atom. The average molecular weight is 376 g/mol. The minimum atomic E-state index is -0.285. The van der Waals surface area contributed by atoms with Crippen molar-refractivity contribution < 1.29 is 14.3 Å². The largest absolute Gasteiger partial charge is 0.449 e. The maximum atomic E-state index is 12.5. The van der Waals surface area contributed by atoms with Gasteiger partial charge in [-0.15, -0.1) is 0 Å². The number of hydrogen-bond donors (Lipinski definition) is 2. The molecule has 2 aliphatic rings.